The van der Waals surface area contributed by atoms with Crippen molar-refractivity contribution in [2.24, 2.45) is 0 Å². The van der Waals surface area contributed by atoms with Gasteiger partial charge in [0.05, 0.1) is 5.69 Å². The second kappa shape index (κ2) is 5.41. The number of aromatic nitrogens is 4. The summed E-state index contributed by atoms with van der Waals surface area (Å²) in [6.07, 6.45) is 3.25. The molecule has 22 heavy (non-hydrogen) atoms. The highest BCUT2D eigenvalue weighted by Crippen LogP contribution is 2.25. The van der Waals surface area contributed by atoms with Crippen molar-refractivity contribution in [3.05, 3.63) is 53.1 Å². The van der Waals surface area contributed by atoms with Crippen LogP contribution in [0.3, 0.4) is 0 Å². The molecule has 2 aromatic heterocycles. The molecule has 0 atom stereocenters. The molecule has 3 N–H and O–H groups in total. The number of hydrogen-bond acceptors (Lipinski definition) is 5. The van der Waals surface area contributed by atoms with Crippen molar-refractivity contribution in [1.29, 1.82) is 0 Å². The molecule has 8 heteroatoms. The first-order chi connectivity index (χ1) is 10.6. The topological polar surface area (TPSA) is 104 Å². The van der Waals surface area contributed by atoms with Crippen LogP contribution in [0.15, 0.2) is 42.7 Å². The maximum Gasteiger partial charge on any atom is 0.339 e. The van der Waals surface area contributed by atoms with Gasteiger partial charge in [-0.05, 0) is 36.5 Å². The molecule has 0 saturated carbocycles. The van der Waals surface area contributed by atoms with E-state index in [4.69, 9.17) is 17.3 Å². The van der Waals surface area contributed by atoms with Crippen LogP contribution < -0.4 is 0 Å². The Balaban J connectivity index is 2.18. The van der Waals surface area contributed by atoms with Gasteiger partial charge < -0.3 is 10.2 Å². The second-order valence-corrected chi connectivity index (χ2v) is 4.82. The van der Waals surface area contributed by atoms with E-state index in [2.05, 4.69) is 15.2 Å². The number of benzene rings is 1. The molecule has 7 nitrogen and oxygen atoms in total. The van der Waals surface area contributed by atoms with Crippen molar-refractivity contribution in [3.8, 4) is 22.8 Å². The largest absolute Gasteiger partial charge is 0.507 e. The summed E-state index contributed by atoms with van der Waals surface area (Å²) in [5.74, 6) is -1.00. The number of nitrogens with one attached hydrogen (secondary N) is 1. The zero-order valence-electron chi connectivity index (χ0n) is 11.1. The first kappa shape index (κ1) is 14.0. The first-order valence-electron chi connectivity index (χ1n) is 6.22. The van der Waals surface area contributed by atoms with E-state index in [9.17, 15) is 9.90 Å². The van der Waals surface area contributed by atoms with Crippen LogP contribution in [0.2, 0.25) is 0 Å². The lowest BCUT2D eigenvalue weighted by Gasteiger charge is -2.08. The molecule has 0 unspecified atom stereocenters. The van der Waals surface area contributed by atoms with Crippen molar-refractivity contribution in [3.63, 3.8) is 0 Å². The molecule has 0 aliphatic carbocycles. The zero-order chi connectivity index (χ0) is 15.7. The van der Waals surface area contributed by atoms with Crippen LogP contribution in [-0.2, 0) is 0 Å². The lowest BCUT2D eigenvalue weighted by Crippen LogP contribution is -2.01. The molecule has 0 spiro atoms. The summed E-state index contributed by atoms with van der Waals surface area (Å²) in [5.41, 5.74) is 1.11. The molecule has 0 radical (unpaired) electrons. The van der Waals surface area contributed by atoms with Crippen molar-refractivity contribution in [2.45, 2.75) is 0 Å². The Labute approximate surface area is 129 Å². The summed E-state index contributed by atoms with van der Waals surface area (Å²) in [4.78, 5) is 14.9. The van der Waals surface area contributed by atoms with Gasteiger partial charge in [-0.25, -0.2) is 4.79 Å². The molecule has 3 rings (SSSR count). The molecule has 0 saturated heterocycles. The quantitative estimate of drug-likeness (QED) is 0.641. The normalized spacial score (nSPS) is 10.5. The van der Waals surface area contributed by atoms with Gasteiger partial charge in [-0.3, -0.25) is 14.6 Å². The van der Waals surface area contributed by atoms with E-state index in [0.29, 0.717) is 16.3 Å². The second-order valence-electron chi connectivity index (χ2n) is 4.43. The fourth-order valence-corrected chi connectivity index (χ4v) is 2.31. The maximum atomic E-state index is 11.0. The van der Waals surface area contributed by atoms with E-state index in [1.807, 2.05) is 0 Å². The standard InChI is InChI=1S/C14H10N4O3S/c19-11-7-9(1-2-10(11)13(20)21)18-12(16-17-14(18)22)8-3-5-15-6-4-8/h1-7,19H,(H,17,22)(H,20,21). The zero-order valence-corrected chi connectivity index (χ0v) is 11.9. The number of carboxylic acids is 1. The van der Waals surface area contributed by atoms with Crippen molar-refractivity contribution in [2.75, 3.05) is 0 Å². The average molecular weight is 314 g/mol. The fourth-order valence-electron chi connectivity index (χ4n) is 2.07. The Hall–Kier alpha value is -3.00. The minimum absolute atomic E-state index is 0.177. The molecule has 0 bridgehead atoms. The van der Waals surface area contributed by atoms with Gasteiger partial charge in [0.1, 0.15) is 11.3 Å². The summed E-state index contributed by atoms with van der Waals surface area (Å²) in [7, 11) is 0. The van der Waals surface area contributed by atoms with E-state index in [1.165, 1.54) is 12.1 Å². The lowest BCUT2D eigenvalue weighted by molar-refractivity contribution is 0.0694. The lowest BCUT2D eigenvalue weighted by atomic mass is 10.1. The minimum Gasteiger partial charge on any atom is -0.507 e. The highest BCUT2D eigenvalue weighted by molar-refractivity contribution is 7.71. The molecule has 0 fully saturated rings. The third kappa shape index (κ3) is 2.35. The summed E-state index contributed by atoms with van der Waals surface area (Å²) in [5, 5.41) is 25.7. The number of carbonyl (C=O) groups is 1. The molecule has 2 heterocycles. The summed E-state index contributed by atoms with van der Waals surface area (Å²) >= 11 is 5.21. The number of rotatable bonds is 3. The van der Waals surface area contributed by atoms with Gasteiger partial charge in [0.2, 0.25) is 0 Å². The number of carboxylic acid groups (broad SMARTS) is 1. The summed E-state index contributed by atoms with van der Waals surface area (Å²) < 4.78 is 1.94. The van der Waals surface area contributed by atoms with Gasteiger partial charge >= 0.3 is 5.97 Å². The van der Waals surface area contributed by atoms with Gasteiger partial charge in [0.15, 0.2) is 10.6 Å². The van der Waals surface area contributed by atoms with Crippen molar-refractivity contribution in [1.82, 2.24) is 19.7 Å². The van der Waals surface area contributed by atoms with Crippen LogP contribution in [0.25, 0.3) is 17.1 Å². The first-order valence-corrected chi connectivity index (χ1v) is 6.63. The van der Waals surface area contributed by atoms with Crippen LogP contribution in [0, 0.1) is 4.77 Å². The molecule has 3 aromatic rings. The molecule has 0 amide bonds. The van der Waals surface area contributed by atoms with Gasteiger partial charge in [0, 0.05) is 24.0 Å². The predicted octanol–water partition coefficient (Wildman–Crippen LogP) is 2.40. The third-order valence-corrected chi connectivity index (χ3v) is 3.35. The van der Waals surface area contributed by atoms with Gasteiger partial charge in [-0.1, -0.05) is 0 Å². The molecular weight excluding hydrogens is 304 g/mol. The van der Waals surface area contributed by atoms with Crippen molar-refractivity contribution >= 4 is 18.2 Å². The van der Waals surface area contributed by atoms with Crippen LogP contribution >= 0.6 is 12.2 Å². The van der Waals surface area contributed by atoms with E-state index in [0.717, 1.165) is 5.56 Å². The highest BCUT2D eigenvalue weighted by atomic mass is 32.1. The Morgan fingerprint density at radius 2 is 1.95 bits per heavy atom. The number of aromatic amines is 1. The summed E-state index contributed by atoms with van der Waals surface area (Å²) in [6, 6.07) is 7.75. The maximum absolute atomic E-state index is 11.0. The number of pyridine rings is 1. The third-order valence-electron chi connectivity index (χ3n) is 3.08. The van der Waals surface area contributed by atoms with Crippen LogP contribution in [0.1, 0.15) is 10.4 Å². The van der Waals surface area contributed by atoms with Crippen LogP contribution in [0.5, 0.6) is 5.75 Å². The fraction of sp³-hybridized carbons (Fsp3) is 0. The highest BCUT2D eigenvalue weighted by Gasteiger charge is 2.14. The number of phenols is 1. The Kier molecular flexibility index (Phi) is 3.43. The molecule has 1 aromatic carbocycles. The minimum atomic E-state index is -1.20. The van der Waals surface area contributed by atoms with Gasteiger partial charge in [-0.15, -0.1) is 0 Å². The predicted molar refractivity (Wildman–Crippen MR) is 80.6 cm³/mol. The van der Waals surface area contributed by atoms with E-state index in [1.54, 1.807) is 35.2 Å². The molecule has 110 valence electrons. The van der Waals surface area contributed by atoms with E-state index >= 15 is 0 Å². The van der Waals surface area contributed by atoms with Gasteiger partial charge in [0.25, 0.3) is 0 Å². The Bertz CT molecular complexity index is 902. The Morgan fingerprint density at radius 3 is 2.59 bits per heavy atom. The van der Waals surface area contributed by atoms with E-state index < -0.39 is 5.97 Å². The smallest absolute Gasteiger partial charge is 0.339 e. The average Bonchev–Trinajstić information content (AvgIpc) is 2.89. The molecular formula is C14H10N4O3S. The van der Waals surface area contributed by atoms with Crippen LogP contribution in [-0.4, -0.2) is 35.9 Å². The number of H-pyrrole nitrogens is 1. The van der Waals surface area contributed by atoms with Crippen LogP contribution in [0.4, 0.5) is 0 Å². The Morgan fingerprint density at radius 1 is 1.23 bits per heavy atom. The molecule has 0 aliphatic heterocycles. The monoisotopic (exact) mass is 314 g/mol. The van der Waals surface area contributed by atoms with Gasteiger partial charge in [-0.2, -0.15) is 5.10 Å². The van der Waals surface area contributed by atoms with E-state index in [-0.39, 0.29) is 11.3 Å². The number of nitrogens with zero attached hydrogens (tertiary/aromatic N) is 3. The number of aromatic carboxylic acids is 1. The SMILES string of the molecule is O=C(O)c1ccc(-n2c(-c3ccncc3)n[nH]c2=S)cc1O. The number of hydrogen-bond donors (Lipinski definition) is 3. The molecule has 0 aliphatic rings. The number of aromatic hydroxyl groups is 1. The summed E-state index contributed by atoms with van der Waals surface area (Å²) in [6.45, 7) is 0. The van der Waals surface area contributed by atoms with Crippen molar-refractivity contribution < 1.29 is 15.0 Å².